The van der Waals surface area contributed by atoms with Crippen molar-refractivity contribution < 1.29 is 18.3 Å². The molecule has 6 heteroatoms. The minimum Gasteiger partial charge on any atom is -0.434 e. The lowest BCUT2D eigenvalue weighted by atomic mass is 10.1. The highest BCUT2D eigenvalue weighted by molar-refractivity contribution is 6.35. The Kier molecular flexibility index (Phi) is 5.52. The molecule has 0 aromatic heterocycles. The molecule has 0 atom stereocenters. The van der Waals surface area contributed by atoms with Gasteiger partial charge in [-0.2, -0.15) is 8.78 Å². The highest BCUT2D eigenvalue weighted by Crippen LogP contribution is 2.24. The van der Waals surface area contributed by atoms with E-state index in [-0.39, 0.29) is 11.3 Å². The third-order valence-corrected chi connectivity index (χ3v) is 3.31. The summed E-state index contributed by atoms with van der Waals surface area (Å²) < 4.78 is 29.0. The minimum atomic E-state index is -3.00. The van der Waals surface area contributed by atoms with Crippen LogP contribution < -0.4 is 4.74 Å². The lowest BCUT2D eigenvalue weighted by Gasteiger charge is -2.08. The van der Waals surface area contributed by atoms with E-state index in [4.69, 9.17) is 23.2 Å². The fraction of sp³-hybridized carbons (Fsp3) is 0.0625. The van der Waals surface area contributed by atoms with E-state index in [0.29, 0.717) is 15.6 Å². The molecule has 22 heavy (non-hydrogen) atoms. The number of benzene rings is 2. The molecule has 0 aliphatic heterocycles. The van der Waals surface area contributed by atoms with Gasteiger partial charge in [-0.15, -0.1) is 0 Å². The average Bonchev–Trinajstić information content (AvgIpc) is 2.46. The number of allylic oxidation sites excluding steroid dienone is 1. The summed E-state index contributed by atoms with van der Waals surface area (Å²) in [5.41, 5.74) is 0.635. The van der Waals surface area contributed by atoms with Crippen molar-refractivity contribution in [2.24, 2.45) is 0 Å². The van der Waals surface area contributed by atoms with E-state index in [9.17, 15) is 13.6 Å². The van der Waals surface area contributed by atoms with E-state index in [0.717, 1.165) is 0 Å². The number of alkyl halides is 2. The summed E-state index contributed by atoms with van der Waals surface area (Å²) in [6, 6.07) is 10.6. The fourth-order valence-corrected chi connectivity index (χ4v) is 2.23. The van der Waals surface area contributed by atoms with Crippen molar-refractivity contribution in [3.63, 3.8) is 0 Å². The summed E-state index contributed by atoms with van der Waals surface area (Å²) >= 11 is 11.8. The quantitative estimate of drug-likeness (QED) is 0.530. The molecule has 0 saturated heterocycles. The van der Waals surface area contributed by atoms with Crippen LogP contribution in [0.4, 0.5) is 8.78 Å². The molecule has 0 aliphatic carbocycles. The maximum atomic E-state index is 12.3. The molecule has 0 unspecified atom stereocenters. The SMILES string of the molecule is O=C(/C=C/c1ccc(Cl)cc1Cl)c1ccccc1OC(F)F. The van der Waals surface area contributed by atoms with Gasteiger partial charge in [0, 0.05) is 10.0 Å². The van der Waals surface area contributed by atoms with Crippen LogP contribution in [0, 0.1) is 0 Å². The maximum absolute atomic E-state index is 12.3. The molecule has 0 saturated carbocycles. The van der Waals surface area contributed by atoms with Crippen molar-refractivity contribution in [3.05, 3.63) is 69.7 Å². The summed E-state index contributed by atoms with van der Waals surface area (Å²) in [6.45, 7) is -3.00. The lowest BCUT2D eigenvalue weighted by Crippen LogP contribution is -2.06. The van der Waals surface area contributed by atoms with Crippen LogP contribution in [0.15, 0.2) is 48.5 Å². The van der Waals surface area contributed by atoms with Gasteiger partial charge in [0.1, 0.15) is 5.75 Å². The molecule has 0 bridgehead atoms. The normalized spacial score (nSPS) is 11.1. The monoisotopic (exact) mass is 342 g/mol. The molecule has 2 nitrogen and oxygen atoms in total. The first kappa shape index (κ1) is 16.5. The molecular formula is C16H10Cl2F2O2. The van der Waals surface area contributed by atoms with Crippen molar-refractivity contribution in [1.29, 1.82) is 0 Å². The van der Waals surface area contributed by atoms with Gasteiger partial charge >= 0.3 is 6.61 Å². The third-order valence-electron chi connectivity index (χ3n) is 2.75. The standard InChI is InChI=1S/C16H10Cl2F2O2/c17-11-7-5-10(13(18)9-11)6-8-14(21)12-3-1-2-4-15(12)22-16(19)20/h1-9,16H/b8-6+. The van der Waals surface area contributed by atoms with Gasteiger partial charge in [0.2, 0.25) is 0 Å². The number of ether oxygens (including phenoxy) is 1. The smallest absolute Gasteiger partial charge is 0.387 e. The summed E-state index contributed by atoms with van der Waals surface area (Å²) in [5, 5.41) is 0.859. The van der Waals surface area contributed by atoms with Gasteiger partial charge in [-0.25, -0.2) is 0 Å². The van der Waals surface area contributed by atoms with E-state index < -0.39 is 12.4 Å². The molecule has 0 heterocycles. The van der Waals surface area contributed by atoms with Crippen molar-refractivity contribution in [1.82, 2.24) is 0 Å². The Morgan fingerprint density at radius 2 is 1.86 bits per heavy atom. The molecule has 0 spiro atoms. The van der Waals surface area contributed by atoms with E-state index in [1.807, 2.05) is 0 Å². The predicted octanol–water partition coefficient (Wildman–Crippen LogP) is 5.49. The number of carbonyl (C=O) groups is 1. The number of para-hydroxylation sites is 1. The van der Waals surface area contributed by atoms with Crippen LogP contribution in [-0.4, -0.2) is 12.4 Å². The lowest BCUT2D eigenvalue weighted by molar-refractivity contribution is -0.0501. The van der Waals surface area contributed by atoms with Crippen molar-refractivity contribution >= 4 is 35.1 Å². The second-order valence-corrected chi connectivity index (χ2v) is 5.08. The Bertz CT molecular complexity index is 715. The van der Waals surface area contributed by atoms with E-state index in [2.05, 4.69) is 4.74 Å². The number of ketones is 1. The molecule has 0 amide bonds. The molecule has 0 N–H and O–H groups in total. The molecule has 2 rings (SSSR count). The zero-order valence-electron chi connectivity index (χ0n) is 11.1. The third kappa shape index (κ3) is 4.29. The number of rotatable bonds is 5. The summed E-state index contributed by atoms with van der Waals surface area (Å²) in [7, 11) is 0. The Hall–Kier alpha value is -1.91. The topological polar surface area (TPSA) is 26.3 Å². The molecule has 114 valence electrons. The van der Waals surface area contributed by atoms with Crippen LogP contribution in [0.25, 0.3) is 6.08 Å². The van der Waals surface area contributed by atoms with Crippen LogP contribution in [-0.2, 0) is 0 Å². The van der Waals surface area contributed by atoms with Gasteiger partial charge in [-0.1, -0.05) is 41.4 Å². The van der Waals surface area contributed by atoms with Crippen LogP contribution in [0.2, 0.25) is 10.0 Å². The number of carbonyl (C=O) groups excluding carboxylic acids is 1. The van der Waals surface area contributed by atoms with E-state index >= 15 is 0 Å². The number of halogens is 4. The van der Waals surface area contributed by atoms with Gasteiger partial charge < -0.3 is 4.74 Å². The highest BCUT2D eigenvalue weighted by atomic mass is 35.5. The zero-order chi connectivity index (χ0) is 16.1. The Labute approximate surface area is 135 Å². The summed E-state index contributed by atoms with van der Waals surface area (Å²) in [5.74, 6) is -0.642. The number of hydrogen-bond donors (Lipinski definition) is 0. The first-order chi connectivity index (χ1) is 10.5. The van der Waals surface area contributed by atoms with Gasteiger partial charge in [0.15, 0.2) is 5.78 Å². The zero-order valence-corrected chi connectivity index (χ0v) is 12.6. The van der Waals surface area contributed by atoms with E-state index in [1.165, 1.54) is 30.4 Å². The van der Waals surface area contributed by atoms with Crippen LogP contribution >= 0.6 is 23.2 Å². The predicted molar refractivity (Wildman–Crippen MR) is 82.9 cm³/mol. The van der Waals surface area contributed by atoms with Gasteiger partial charge in [-0.3, -0.25) is 4.79 Å². The van der Waals surface area contributed by atoms with Gasteiger partial charge in [-0.05, 0) is 42.0 Å². The largest absolute Gasteiger partial charge is 0.434 e. The van der Waals surface area contributed by atoms with Crippen molar-refractivity contribution in [2.45, 2.75) is 6.61 Å². The molecule has 0 aliphatic rings. The molecular weight excluding hydrogens is 333 g/mol. The minimum absolute atomic E-state index is 0.0455. The summed E-state index contributed by atoms with van der Waals surface area (Å²) in [4.78, 5) is 12.1. The van der Waals surface area contributed by atoms with Gasteiger partial charge in [0.25, 0.3) is 0 Å². The molecule has 2 aromatic carbocycles. The van der Waals surface area contributed by atoms with Crippen LogP contribution in [0.3, 0.4) is 0 Å². The molecule has 0 radical (unpaired) electrons. The Morgan fingerprint density at radius 3 is 2.55 bits per heavy atom. The second-order valence-electron chi connectivity index (χ2n) is 4.24. The van der Waals surface area contributed by atoms with Gasteiger partial charge in [0.05, 0.1) is 5.56 Å². The summed E-state index contributed by atoms with van der Waals surface area (Å²) in [6.07, 6.45) is 2.73. The Balaban J connectivity index is 2.24. The van der Waals surface area contributed by atoms with Crippen molar-refractivity contribution in [3.8, 4) is 5.75 Å². The first-order valence-corrected chi connectivity index (χ1v) is 6.94. The van der Waals surface area contributed by atoms with Crippen molar-refractivity contribution in [2.75, 3.05) is 0 Å². The number of hydrogen-bond acceptors (Lipinski definition) is 2. The first-order valence-electron chi connectivity index (χ1n) is 6.18. The van der Waals surface area contributed by atoms with E-state index in [1.54, 1.807) is 24.3 Å². The highest BCUT2D eigenvalue weighted by Gasteiger charge is 2.13. The maximum Gasteiger partial charge on any atom is 0.387 e. The fourth-order valence-electron chi connectivity index (χ4n) is 1.76. The molecule has 0 fully saturated rings. The van der Waals surface area contributed by atoms with Crippen LogP contribution in [0.1, 0.15) is 15.9 Å². The average molecular weight is 343 g/mol. The Morgan fingerprint density at radius 1 is 1.14 bits per heavy atom. The molecule has 2 aromatic rings. The second kappa shape index (κ2) is 7.38. The van der Waals surface area contributed by atoms with Crippen LogP contribution in [0.5, 0.6) is 5.75 Å².